The summed E-state index contributed by atoms with van der Waals surface area (Å²) in [7, 11) is 0. The Morgan fingerprint density at radius 3 is 2.38 bits per heavy atom. The van der Waals surface area contributed by atoms with E-state index in [0.717, 1.165) is 27.2 Å². The molecule has 0 aliphatic carbocycles. The molecule has 0 aromatic heterocycles. The molecule has 1 aliphatic heterocycles. The van der Waals surface area contributed by atoms with Gasteiger partial charge in [0.15, 0.2) is 5.03 Å². The molecular weight excluding hydrogens is 387 g/mol. The normalized spacial score (nSPS) is 14.6. The highest BCUT2D eigenvalue weighted by Gasteiger charge is 2.31. The lowest BCUT2D eigenvalue weighted by Gasteiger charge is -2.08. The fraction of sp³-hybridized carbons (Fsp3) is 0. The molecule has 0 radical (unpaired) electrons. The van der Waals surface area contributed by atoms with Gasteiger partial charge in [-0.1, -0.05) is 77.1 Å². The zero-order valence-electron chi connectivity index (χ0n) is 12.0. The first-order valence-electron chi connectivity index (χ1n) is 6.77. The number of fused-ring (bicyclic) bond motifs is 1. The maximum Gasteiger partial charge on any atom is 0.315 e. The van der Waals surface area contributed by atoms with Crippen LogP contribution in [0.1, 0.15) is 0 Å². The number of para-hydroxylation sites is 1. The second kappa shape index (κ2) is 7.53. The van der Waals surface area contributed by atoms with Crippen LogP contribution in [0, 0.1) is 10.1 Å². The predicted octanol–water partition coefficient (Wildman–Crippen LogP) is 6.09. The lowest BCUT2D eigenvalue weighted by atomic mass is 10.3. The quantitative estimate of drug-likeness (QED) is 0.384. The maximum atomic E-state index is 11.7. The molecule has 0 unspecified atom stereocenters. The number of nitro groups is 1. The SMILES string of the molecule is O=[N+]([O-])/C(C(Sc1ccccc1)=C(Cl)Cl)=C1\Nc2ccccc2S1. The first kappa shape index (κ1) is 17.2. The van der Waals surface area contributed by atoms with Crippen LogP contribution >= 0.6 is 46.7 Å². The topological polar surface area (TPSA) is 55.2 Å². The Bertz CT molecular complexity index is 823. The lowest BCUT2D eigenvalue weighted by Crippen LogP contribution is -2.07. The Hall–Kier alpha value is -1.60. The Balaban J connectivity index is 2.03. The molecule has 4 nitrogen and oxygen atoms in total. The minimum absolute atomic E-state index is 0.134. The maximum absolute atomic E-state index is 11.7. The van der Waals surface area contributed by atoms with Crippen LogP contribution in [-0.4, -0.2) is 4.92 Å². The number of rotatable bonds is 4. The number of hydrogen-bond donors (Lipinski definition) is 1. The van der Waals surface area contributed by atoms with Crippen molar-refractivity contribution in [1.82, 2.24) is 0 Å². The second-order valence-corrected chi connectivity index (χ2v) is 7.75. The van der Waals surface area contributed by atoms with Crippen LogP contribution in [0.2, 0.25) is 0 Å². The third kappa shape index (κ3) is 3.72. The highest BCUT2D eigenvalue weighted by Crippen LogP contribution is 2.46. The average Bonchev–Trinajstić information content (AvgIpc) is 2.98. The van der Waals surface area contributed by atoms with Crippen LogP contribution in [-0.2, 0) is 0 Å². The van der Waals surface area contributed by atoms with Gasteiger partial charge in [-0.25, -0.2) is 0 Å². The van der Waals surface area contributed by atoms with E-state index in [4.69, 9.17) is 23.2 Å². The van der Waals surface area contributed by atoms with Gasteiger partial charge in [-0.05, 0) is 24.3 Å². The smallest absolute Gasteiger partial charge is 0.315 e. The summed E-state index contributed by atoms with van der Waals surface area (Å²) in [6.07, 6.45) is 0. The molecular formula is C16H10Cl2N2O2S2. The van der Waals surface area contributed by atoms with Gasteiger partial charge in [0.25, 0.3) is 0 Å². The van der Waals surface area contributed by atoms with E-state index >= 15 is 0 Å². The minimum Gasteiger partial charge on any atom is -0.343 e. The molecule has 0 fully saturated rings. The number of hydrogen-bond acceptors (Lipinski definition) is 5. The fourth-order valence-corrected chi connectivity index (χ4v) is 4.46. The zero-order valence-corrected chi connectivity index (χ0v) is 15.2. The van der Waals surface area contributed by atoms with Crippen LogP contribution in [0.15, 0.2) is 84.5 Å². The van der Waals surface area contributed by atoms with Gasteiger partial charge in [0.1, 0.15) is 9.40 Å². The zero-order chi connectivity index (χ0) is 17.1. The monoisotopic (exact) mass is 396 g/mol. The Kier molecular flexibility index (Phi) is 5.40. The van der Waals surface area contributed by atoms with Gasteiger partial charge in [0, 0.05) is 9.79 Å². The van der Waals surface area contributed by atoms with Gasteiger partial charge in [-0.15, -0.1) is 0 Å². The molecule has 0 atom stereocenters. The summed E-state index contributed by atoms with van der Waals surface area (Å²) in [5, 5.41) is 15.2. The van der Waals surface area contributed by atoms with Crippen molar-refractivity contribution in [2.75, 3.05) is 5.32 Å². The predicted molar refractivity (Wildman–Crippen MR) is 101 cm³/mol. The lowest BCUT2D eigenvalue weighted by molar-refractivity contribution is -0.420. The Morgan fingerprint density at radius 2 is 1.75 bits per heavy atom. The third-order valence-electron chi connectivity index (χ3n) is 3.09. The van der Waals surface area contributed by atoms with Crippen molar-refractivity contribution < 1.29 is 4.92 Å². The molecule has 8 heteroatoms. The van der Waals surface area contributed by atoms with Gasteiger partial charge in [0.05, 0.1) is 10.6 Å². The van der Waals surface area contributed by atoms with Crippen LogP contribution in [0.5, 0.6) is 0 Å². The third-order valence-corrected chi connectivity index (χ3v) is 5.88. The fourth-order valence-electron chi connectivity index (χ4n) is 2.08. The Labute approximate surface area is 157 Å². The van der Waals surface area contributed by atoms with Crippen LogP contribution in [0.3, 0.4) is 0 Å². The van der Waals surface area contributed by atoms with Crippen molar-refractivity contribution in [3.8, 4) is 0 Å². The number of benzene rings is 2. The molecule has 122 valence electrons. The summed E-state index contributed by atoms with van der Waals surface area (Å²) >= 11 is 14.4. The standard InChI is InChI=1S/C16H10Cl2N2O2S2/c17-15(18)14(23-10-6-2-1-3-7-10)13(20(21)22)16-19-11-8-4-5-9-12(11)24-16/h1-9,19H/b16-13+. The van der Waals surface area contributed by atoms with Crippen LogP contribution in [0.25, 0.3) is 0 Å². The van der Waals surface area contributed by atoms with E-state index < -0.39 is 4.92 Å². The number of thioether (sulfide) groups is 2. The summed E-state index contributed by atoms with van der Waals surface area (Å²) in [6.45, 7) is 0. The summed E-state index contributed by atoms with van der Waals surface area (Å²) in [6, 6.07) is 16.8. The Morgan fingerprint density at radius 1 is 1.08 bits per heavy atom. The van der Waals surface area contributed by atoms with Crippen LogP contribution < -0.4 is 5.32 Å². The molecule has 1 heterocycles. The second-order valence-electron chi connectivity index (χ2n) is 4.66. The summed E-state index contributed by atoms with van der Waals surface area (Å²) in [4.78, 5) is 13.2. The molecule has 2 aromatic carbocycles. The molecule has 1 N–H and O–H groups in total. The van der Waals surface area contributed by atoms with E-state index in [2.05, 4.69) is 5.32 Å². The van der Waals surface area contributed by atoms with E-state index in [1.807, 2.05) is 54.6 Å². The molecule has 3 rings (SSSR count). The number of halogens is 2. The van der Waals surface area contributed by atoms with Gasteiger partial charge in [0.2, 0.25) is 0 Å². The number of nitrogens with zero attached hydrogens (tertiary/aromatic N) is 1. The van der Waals surface area contributed by atoms with Gasteiger partial charge in [-0.3, -0.25) is 10.1 Å². The summed E-state index contributed by atoms with van der Waals surface area (Å²) < 4.78 is -0.138. The summed E-state index contributed by atoms with van der Waals surface area (Å²) in [5.74, 6) is 0. The van der Waals surface area contributed by atoms with E-state index in [0.29, 0.717) is 5.03 Å². The highest BCUT2D eigenvalue weighted by atomic mass is 35.5. The van der Waals surface area contributed by atoms with Gasteiger partial charge in [-0.2, -0.15) is 0 Å². The average molecular weight is 397 g/mol. The molecule has 0 spiro atoms. The van der Waals surface area contributed by atoms with E-state index in [1.54, 1.807) is 0 Å². The molecule has 0 saturated carbocycles. The van der Waals surface area contributed by atoms with Crippen molar-refractivity contribution >= 4 is 52.4 Å². The van der Waals surface area contributed by atoms with Crippen LogP contribution in [0.4, 0.5) is 5.69 Å². The molecule has 0 saturated heterocycles. The van der Waals surface area contributed by atoms with Crippen molar-refractivity contribution in [3.05, 3.63) is 84.8 Å². The molecule has 2 aromatic rings. The minimum atomic E-state index is -0.461. The van der Waals surface area contributed by atoms with Crippen molar-refractivity contribution in [1.29, 1.82) is 0 Å². The van der Waals surface area contributed by atoms with Gasteiger partial charge < -0.3 is 5.32 Å². The molecule has 1 aliphatic rings. The molecule has 24 heavy (non-hydrogen) atoms. The number of nitrogens with one attached hydrogen (secondary N) is 1. The largest absolute Gasteiger partial charge is 0.343 e. The number of anilines is 1. The van der Waals surface area contributed by atoms with Crippen molar-refractivity contribution in [2.45, 2.75) is 9.79 Å². The first-order valence-corrected chi connectivity index (χ1v) is 9.16. The van der Waals surface area contributed by atoms with Crippen molar-refractivity contribution in [2.24, 2.45) is 0 Å². The van der Waals surface area contributed by atoms with E-state index in [-0.39, 0.29) is 15.1 Å². The summed E-state index contributed by atoms with van der Waals surface area (Å²) in [5.41, 5.74) is 0.691. The van der Waals surface area contributed by atoms with E-state index in [1.165, 1.54) is 11.8 Å². The molecule has 0 amide bonds. The van der Waals surface area contributed by atoms with Crippen molar-refractivity contribution in [3.63, 3.8) is 0 Å². The molecule has 0 bridgehead atoms. The van der Waals surface area contributed by atoms with Gasteiger partial charge >= 0.3 is 5.70 Å². The first-order chi connectivity index (χ1) is 11.6. The highest BCUT2D eigenvalue weighted by molar-refractivity contribution is 8.04. The van der Waals surface area contributed by atoms with E-state index in [9.17, 15) is 10.1 Å².